The molecule has 0 aliphatic carbocycles. The molecule has 1 heterocycles. The zero-order valence-corrected chi connectivity index (χ0v) is 10.9. The van der Waals surface area contributed by atoms with Crippen LogP contribution in [0, 0.1) is 5.92 Å². The predicted molar refractivity (Wildman–Crippen MR) is 71.4 cm³/mol. The number of hydrogen-bond acceptors (Lipinski definition) is 2. The van der Waals surface area contributed by atoms with Crippen molar-refractivity contribution in [3.8, 4) is 5.75 Å². The maximum absolute atomic E-state index is 5.72. The molecule has 1 aromatic carbocycles. The van der Waals surface area contributed by atoms with Gasteiger partial charge in [-0.25, -0.2) is 0 Å². The number of para-hydroxylation sites is 1. The van der Waals surface area contributed by atoms with Crippen LogP contribution >= 0.6 is 0 Å². The molecule has 0 spiro atoms. The lowest BCUT2D eigenvalue weighted by atomic mass is 9.87. The van der Waals surface area contributed by atoms with Crippen molar-refractivity contribution in [2.45, 2.75) is 39.2 Å². The third-order valence-electron chi connectivity index (χ3n) is 3.68. The van der Waals surface area contributed by atoms with Crippen molar-refractivity contribution >= 4 is 0 Å². The van der Waals surface area contributed by atoms with Crippen LogP contribution in [0.1, 0.15) is 44.7 Å². The number of ether oxygens (including phenoxy) is 1. The molecule has 0 amide bonds. The van der Waals surface area contributed by atoms with Gasteiger partial charge in [-0.05, 0) is 38.3 Å². The van der Waals surface area contributed by atoms with E-state index < -0.39 is 0 Å². The Hall–Kier alpha value is -1.02. The van der Waals surface area contributed by atoms with Crippen molar-refractivity contribution in [1.29, 1.82) is 0 Å². The highest BCUT2D eigenvalue weighted by Crippen LogP contribution is 2.33. The summed E-state index contributed by atoms with van der Waals surface area (Å²) in [6.45, 7) is 6.20. The topological polar surface area (TPSA) is 21.3 Å². The highest BCUT2D eigenvalue weighted by molar-refractivity contribution is 5.36. The van der Waals surface area contributed by atoms with Gasteiger partial charge in [0, 0.05) is 11.6 Å². The van der Waals surface area contributed by atoms with Crippen LogP contribution in [0.25, 0.3) is 0 Å². The van der Waals surface area contributed by atoms with Crippen molar-refractivity contribution in [3.05, 3.63) is 29.8 Å². The van der Waals surface area contributed by atoms with Crippen LogP contribution in [0.5, 0.6) is 5.75 Å². The molecule has 2 rings (SSSR count). The fourth-order valence-electron chi connectivity index (χ4n) is 2.66. The number of rotatable bonds is 4. The summed E-state index contributed by atoms with van der Waals surface area (Å²) in [4.78, 5) is 0. The van der Waals surface area contributed by atoms with Crippen molar-refractivity contribution < 1.29 is 4.74 Å². The molecule has 0 bridgehead atoms. The number of piperidine rings is 1. The molecule has 1 fully saturated rings. The van der Waals surface area contributed by atoms with Gasteiger partial charge >= 0.3 is 0 Å². The fraction of sp³-hybridized carbons (Fsp3) is 0.600. The maximum atomic E-state index is 5.72. The van der Waals surface area contributed by atoms with Gasteiger partial charge in [0.1, 0.15) is 5.75 Å². The average molecular weight is 233 g/mol. The van der Waals surface area contributed by atoms with E-state index in [1.165, 1.54) is 24.8 Å². The largest absolute Gasteiger partial charge is 0.494 e. The molecule has 1 N–H and O–H groups in total. The summed E-state index contributed by atoms with van der Waals surface area (Å²) >= 11 is 0. The van der Waals surface area contributed by atoms with Crippen molar-refractivity contribution in [2.24, 2.45) is 5.92 Å². The van der Waals surface area contributed by atoms with Gasteiger partial charge in [-0.3, -0.25) is 0 Å². The zero-order chi connectivity index (χ0) is 12.1. The molecule has 1 saturated heterocycles. The van der Waals surface area contributed by atoms with E-state index in [-0.39, 0.29) is 0 Å². The van der Waals surface area contributed by atoms with Gasteiger partial charge in [0.2, 0.25) is 0 Å². The van der Waals surface area contributed by atoms with E-state index in [4.69, 9.17) is 4.74 Å². The summed E-state index contributed by atoms with van der Waals surface area (Å²) in [7, 11) is 0. The van der Waals surface area contributed by atoms with Gasteiger partial charge in [-0.2, -0.15) is 0 Å². The van der Waals surface area contributed by atoms with E-state index in [2.05, 4.69) is 36.5 Å². The Morgan fingerprint density at radius 2 is 2.12 bits per heavy atom. The van der Waals surface area contributed by atoms with Crippen LogP contribution in [0.15, 0.2) is 24.3 Å². The smallest absolute Gasteiger partial charge is 0.124 e. The summed E-state index contributed by atoms with van der Waals surface area (Å²) in [6.07, 6.45) is 3.83. The third kappa shape index (κ3) is 3.01. The van der Waals surface area contributed by atoms with E-state index in [9.17, 15) is 0 Å². The molecule has 17 heavy (non-hydrogen) atoms. The molecule has 2 nitrogen and oxygen atoms in total. The number of nitrogens with one attached hydrogen (secondary N) is 1. The van der Waals surface area contributed by atoms with E-state index >= 15 is 0 Å². The SMILES string of the molecule is CCOc1ccccc1C1CC(CC)CCN1. The van der Waals surface area contributed by atoms with Gasteiger partial charge < -0.3 is 10.1 Å². The highest BCUT2D eigenvalue weighted by Gasteiger charge is 2.23. The summed E-state index contributed by atoms with van der Waals surface area (Å²) in [5, 5.41) is 3.62. The lowest BCUT2D eigenvalue weighted by molar-refractivity contribution is 0.284. The number of benzene rings is 1. The average Bonchev–Trinajstić information content (AvgIpc) is 2.40. The highest BCUT2D eigenvalue weighted by atomic mass is 16.5. The van der Waals surface area contributed by atoms with Gasteiger partial charge in [-0.1, -0.05) is 31.5 Å². The second-order valence-electron chi connectivity index (χ2n) is 4.78. The van der Waals surface area contributed by atoms with Gasteiger partial charge in [-0.15, -0.1) is 0 Å². The molecule has 0 saturated carbocycles. The van der Waals surface area contributed by atoms with Gasteiger partial charge in [0.05, 0.1) is 6.61 Å². The molecule has 2 unspecified atom stereocenters. The molecule has 2 heteroatoms. The summed E-state index contributed by atoms with van der Waals surface area (Å²) in [5.41, 5.74) is 1.33. The molecule has 2 atom stereocenters. The van der Waals surface area contributed by atoms with E-state index in [1.54, 1.807) is 0 Å². The van der Waals surface area contributed by atoms with E-state index in [0.717, 1.165) is 24.8 Å². The molecule has 1 aromatic rings. The molecule has 1 aliphatic heterocycles. The van der Waals surface area contributed by atoms with Crippen LogP contribution < -0.4 is 10.1 Å². The second-order valence-corrected chi connectivity index (χ2v) is 4.78. The van der Waals surface area contributed by atoms with E-state index in [0.29, 0.717) is 6.04 Å². The Labute approximate surface area is 104 Å². The lowest BCUT2D eigenvalue weighted by Gasteiger charge is -2.31. The Bertz CT molecular complexity index is 351. The zero-order valence-electron chi connectivity index (χ0n) is 10.9. The van der Waals surface area contributed by atoms with Crippen LogP contribution in [-0.4, -0.2) is 13.2 Å². The van der Waals surface area contributed by atoms with Crippen molar-refractivity contribution in [1.82, 2.24) is 5.32 Å². The Balaban J connectivity index is 2.15. The first-order valence-electron chi connectivity index (χ1n) is 6.80. The first kappa shape index (κ1) is 12.4. The minimum Gasteiger partial charge on any atom is -0.494 e. The van der Waals surface area contributed by atoms with E-state index in [1.807, 2.05) is 6.92 Å². The summed E-state index contributed by atoms with van der Waals surface area (Å²) in [5.74, 6) is 1.90. The molecule has 1 aliphatic rings. The van der Waals surface area contributed by atoms with Crippen LogP contribution in [0.2, 0.25) is 0 Å². The lowest BCUT2D eigenvalue weighted by Crippen LogP contribution is -2.31. The molecule has 94 valence electrons. The predicted octanol–water partition coefficient (Wildman–Crippen LogP) is 3.54. The minimum atomic E-state index is 0.469. The third-order valence-corrected chi connectivity index (χ3v) is 3.68. The fourth-order valence-corrected chi connectivity index (χ4v) is 2.66. The molecule has 0 aromatic heterocycles. The molecular weight excluding hydrogens is 210 g/mol. The summed E-state index contributed by atoms with van der Waals surface area (Å²) < 4.78 is 5.72. The first-order valence-corrected chi connectivity index (χ1v) is 6.80. The monoisotopic (exact) mass is 233 g/mol. The van der Waals surface area contributed by atoms with Crippen molar-refractivity contribution in [2.75, 3.05) is 13.2 Å². The second kappa shape index (κ2) is 6.06. The van der Waals surface area contributed by atoms with Crippen LogP contribution in [0.4, 0.5) is 0 Å². The molecular formula is C15H23NO. The first-order chi connectivity index (χ1) is 8.35. The van der Waals surface area contributed by atoms with Crippen LogP contribution in [0.3, 0.4) is 0 Å². The van der Waals surface area contributed by atoms with Gasteiger partial charge in [0.15, 0.2) is 0 Å². The Morgan fingerprint density at radius 1 is 1.29 bits per heavy atom. The maximum Gasteiger partial charge on any atom is 0.124 e. The molecule has 0 radical (unpaired) electrons. The Morgan fingerprint density at radius 3 is 2.88 bits per heavy atom. The number of hydrogen-bond donors (Lipinski definition) is 1. The normalized spacial score (nSPS) is 24.6. The minimum absolute atomic E-state index is 0.469. The standard InChI is InChI=1S/C15H23NO/c1-3-12-9-10-16-14(11-12)13-7-5-6-8-15(13)17-4-2/h5-8,12,14,16H,3-4,9-11H2,1-2H3. The quantitative estimate of drug-likeness (QED) is 0.859. The Kier molecular flexibility index (Phi) is 4.43. The van der Waals surface area contributed by atoms with Gasteiger partial charge in [0.25, 0.3) is 0 Å². The summed E-state index contributed by atoms with van der Waals surface area (Å²) in [6, 6.07) is 8.90. The van der Waals surface area contributed by atoms with Crippen LogP contribution in [-0.2, 0) is 0 Å². The van der Waals surface area contributed by atoms with Crippen molar-refractivity contribution in [3.63, 3.8) is 0 Å².